The lowest BCUT2D eigenvalue weighted by atomic mass is 9.87. The van der Waals surface area contributed by atoms with E-state index in [9.17, 15) is 0 Å². The van der Waals surface area contributed by atoms with Crippen LogP contribution in [-0.4, -0.2) is 17.6 Å². The predicted molar refractivity (Wildman–Crippen MR) is 70.0 cm³/mol. The average Bonchev–Trinajstić information content (AvgIpc) is 2.67. The molecule has 0 unspecified atom stereocenters. The van der Waals surface area contributed by atoms with Gasteiger partial charge in [-0.1, -0.05) is 6.92 Å². The molecule has 3 heteroatoms. The van der Waals surface area contributed by atoms with Crippen molar-refractivity contribution < 1.29 is 0 Å². The van der Waals surface area contributed by atoms with Gasteiger partial charge in [0.2, 0.25) is 0 Å². The third-order valence-electron chi connectivity index (χ3n) is 3.49. The molecule has 0 radical (unpaired) electrons. The zero-order valence-electron chi connectivity index (χ0n) is 10.3. The van der Waals surface area contributed by atoms with E-state index in [-0.39, 0.29) is 0 Å². The van der Waals surface area contributed by atoms with Crippen molar-refractivity contribution in [1.29, 1.82) is 0 Å². The van der Waals surface area contributed by atoms with Crippen LogP contribution in [0, 0.1) is 12.8 Å². The Hall–Kier alpha value is -0.410. The Bertz CT molecular complexity index is 313. The van der Waals surface area contributed by atoms with Crippen molar-refractivity contribution >= 4 is 11.3 Å². The maximum absolute atomic E-state index is 4.28. The highest BCUT2D eigenvalue weighted by Gasteiger charge is 2.17. The van der Waals surface area contributed by atoms with Crippen LogP contribution in [0.25, 0.3) is 0 Å². The second-order valence-corrected chi connectivity index (χ2v) is 6.33. The quantitative estimate of drug-likeness (QED) is 0.871. The highest BCUT2D eigenvalue weighted by Crippen LogP contribution is 2.23. The lowest BCUT2D eigenvalue weighted by Gasteiger charge is -2.26. The van der Waals surface area contributed by atoms with Gasteiger partial charge in [-0.3, -0.25) is 0 Å². The van der Waals surface area contributed by atoms with Crippen molar-refractivity contribution in [2.45, 2.75) is 52.0 Å². The van der Waals surface area contributed by atoms with Gasteiger partial charge in [0.25, 0.3) is 0 Å². The van der Waals surface area contributed by atoms with Crippen LogP contribution in [0.1, 0.15) is 42.5 Å². The van der Waals surface area contributed by atoms with Crippen LogP contribution in [0.3, 0.4) is 0 Å². The van der Waals surface area contributed by atoms with Crippen LogP contribution in [0.2, 0.25) is 0 Å². The lowest BCUT2D eigenvalue weighted by molar-refractivity contribution is 0.309. The molecule has 0 spiro atoms. The number of hydrogen-bond acceptors (Lipinski definition) is 3. The SMILES string of the molecule is Cc1ncc(CCNC2CCC(C)CC2)s1. The molecule has 1 aliphatic rings. The van der Waals surface area contributed by atoms with Crippen molar-refractivity contribution in [1.82, 2.24) is 10.3 Å². The van der Waals surface area contributed by atoms with E-state index in [1.165, 1.54) is 35.6 Å². The Morgan fingerprint density at radius 2 is 2.12 bits per heavy atom. The predicted octanol–water partition coefficient (Wildman–Crippen LogP) is 3.16. The van der Waals surface area contributed by atoms with Gasteiger partial charge in [-0.05, 0) is 44.9 Å². The molecule has 0 aromatic carbocycles. The highest BCUT2D eigenvalue weighted by atomic mass is 32.1. The largest absolute Gasteiger partial charge is 0.314 e. The molecule has 1 heterocycles. The molecule has 1 aliphatic carbocycles. The van der Waals surface area contributed by atoms with Crippen LogP contribution in [0.4, 0.5) is 0 Å². The number of rotatable bonds is 4. The first kappa shape index (κ1) is 12.1. The molecule has 1 fully saturated rings. The van der Waals surface area contributed by atoms with Gasteiger partial charge in [-0.15, -0.1) is 11.3 Å². The molecule has 90 valence electrons. The van der Waals surface area contributed by atoms with Crippen molar-refractivity contribution in [3.05, 3.63) is 16.1 Å². The topological polar surface area (TPSA) is 24.9 Å². The zero-order chi connectivity index (χ0) is 11.4. The minimum Gasteiger partial charge on any atom is -0.314 e. The number of aromatic nitrogens is 1. The molecule has 0 atom stereocenters. The first-order valence-corrected chi connectivity index (χ1v) is 7.20. The van der Waals surface area contributed by atoms with E-state index in [0.717, 1.165) is 24.9 Å². The summed E-state index contributed by atoms with van der Waals surface area (Å²) in [6, 6.07) is 0.769. The molecule has 0 bridgehead atoms. The summed E-state index contributed by atoms with van der Waals surface area (Å²) in [5.74, 6) is 0.946. The van der Waals surface area contributed by atoms with Crippen molar-refractivity contribution in [3.63, 3.8) is 0 Å². The lowest BCUT2D eigenvalue weighted by Crippen LogP contribution is -2.33. The van der Waals surface area contributed by atoms with E-state index in [1.54, 1.807) is 0 Å². The Morgan fingerprint density at radius 3 is 2.75 bits per heavy atom. The molecule has 1 aromatic heterocycles. The minimum atomic E-state index is 0.769. The summed E-state index contributed by atoms with van der Waals surface area (Å²) < 4.78 is 0. The molecule has 2 nitrogen and oxygen atoms in total. The maximum Gasteiger partial charge on any atom is 0.0896 e. The molecule has 1 saturated carbocycles. The van der Waals surface area contributed by atoms with Crippen LogP contribution in [0.5, 0.6) is 0 Å². The molecule has 0 amide bonds. The second kappa shape index (κ2) is 5.78. The molecular formula is C13H22N2S. The molecule has 0 saturated heterocycles. The van der Waals surface area contributed by atoms with Crippen molar-refractivity contribution in [3.8, 4) is 0 Å². The molecule has 2 rings (SSSR count). The average molecular weight is 238 g/mol. The molecule has 0 aliphatic heterocycles. The number of aryl methyl sites for hydroxylation is 1. The van der Waals surface area contributed by atoms with E-state index in [4.69, 9.17) is 0 Å². The molecule has 16 heavy (non-hydrogen) atoms. The van der Waals surface area contributed by atoms with Crippen molar-refractivity contribution in [2.24, 2.45) is 5.92 Å². The first-order chi connectivity index (χ1) is 7.74. The van der Waals surface area contributed by atoms with Gasteiger partial charge in [0.1, 0.15) is 0 Å². The minimum absolute atomic E-state index is 0.769. The summed E-state index contributed by atoms with van der Waals surface area (Å²) in [4.78, 5) is 5.69. The van der Waals surface area contributed by atoms with Gasteiger partial charge in [0, 0.05) is 23.7 Å². The standard InChI is InChI=1S/C13H22N2S/c1-10-3-5-12(6-4-10)14-8-7-13-9-15-11(2)16-13/h9-10,12,14H,3-8H2,1-2H3. The number of thiazole rings is 1. The summed E-state index contributed by atoms with van der Waals surface area (Å²) >= 11 is 1.82. The molecular weight excluding hydrogens is 216 g/mol. The number of nitrogens with zero attached hydrogens (tertiary/aromatic N) is 1. The van der Waals surface area contributed by atoms with E-state index in [1.807, 2.05) is 17.5 Å². The first-order valence-electron chi connectivity index (χ1n) is 6.38. The monoisotopic (exact) mass is 238 g/mol. The van der Waals surface area contributed by atoms with Gasteiger partial charge >= 0.3 is 0 Å². The normalized spacial score (nSPS) is 25.9. The van der Waals surface area contributed by atoms with E-state index >= 15 is 0 Å². The third kappa shape index (κ3) is 3.56. The maximum atomic E-state index is 4.28. The summed E-state index contributed by atoms with van der Waals surface area (Å²) in [6.45, 7) is 5.56. The van der Waals surface area contributed by atoms with E-state index < -0.39 is 0 Å². The smallest absolute Gasteiger partial charge is 0.0896 e. The van der Waals surface area contributed by atoms with E-state index in [2.05, 4.69) is 24.1 Å². The van der Waals surface area contributed by atoms with Gasteiger partial charge in [-0.25, -0.2) is 4.98 Å². The summed E-state index contributed by atoms with van der Waals surface area (Å²) in [5.41, 5.74) is 0. The third-order valence-corrected chi connectivity index (χ3v) is 4.46. The van der Waals surface area contributed by atoms with Crippen molar-refractivity contribution in [2.75, 3.05) is 6.54 Å². The summed E-state index contributed by atoms with van der Waals surface area (Å²) in [6.07, 6.45) is 8.68. The van der Waals surface area contributed by atoms with Gasteiger partial charge in [0.05, 0.1) is 5.01 Å². The number of hydrogen-bond donors (Lipinski definition) is 1. The fourth-order valence-corrected chi connectivity index (χ4v) is 3.18. The second-order valence-electron chi connectivity index (χ2n) is 5.01. The van der Waals surface area contributed by atoms with Gasteiger partial charge < -0.3 is 5.32 Å². The van der Waals surface area contributed by atoms with Gasteiger partial charge in [0.15, 0.2) is 0 Å². The fourth-order valence-electron chi connectivity index (χ4n) is 2.38. The van der Waals surface area contributed by atoms with Crippen LogP contribution in [0.15, 0.2) is 6.20 Å². The fraction of sp³-hybridized carbons (Fsp3) is 0.769. The van der Waals surface area contributed by atoms with Gasteiger partial charge in [-0.2, -0.15) is 0 Å². The highest BCUT2D eigenvalue weighted by molar-refractivity contribution is 7.11. The molecule has 1 N–H and O–H groups in total. The summed E-state index contributed by atoms with van der Waals surface area (Å²) in [5, 5.41) is 4.86. The van der Waals surface area contributed by atoms with Crippen LogP contribution in [-0.2, 0) is 6.42 Å². The van der Waals surface area contributed by atoms with Crippen LogP contribution < -0.4 is 5.32 Å². The summed E-state index contributed by atoms with van der Waals surface area (Å²) in [7, 11) is 0. The Morgan fingerprint density at radius 1 is 1.38 bits per heavy atom. The Labute approximate surface area is 102 Å². The van der Waals surface area contributed by atoms with Crippen LogP contribution >= 0.6 is 11.3 Å². The molecule has 1 aromatic rings. The zero-order valence-corrected chi connectivity index (χ0v) is 11.1. The Kier molecular flexibility index (Phi) is 4.36. The van der Waals surface area contributed by atoms with E-state index in [0.29, 0.717) is 0 Å². The Balaban J connectivity index is 1.64. The number of nitrogens with one attached hydrogen (secondary N) is 1.